The van der Waals surface area contributed by atoms with Gasteiger partial charge in [-0.3, -0.25) is 10.2 Å². The van der Waals surface area contributed by atoms with Gasteiger partial charge >= 0.3 is 0 Å². The summed E-state index contributed by atoms with van der Waals surface area (Å²) in [5.41, 5.74) is 3.89. The summed E-state index contributed by atoms with van der Waals surface area (Å²) in [7, 11) is 2.10. The van der Waals surface area contributed by atoms with E-state index in [1.807, 2.05) is 18.2 Å². The molecule has 1 rings (SSSR count). The molecule has 0 aromatic heterocycles. The van der Waals surface area contributed by atoms with Crippen LogP contribution in [0.2, 0.25) is 0 Å². The third-order valence-corrected chi connectivity index (χ3v) is 2.92. The molecule has 0 saturated heterocycles. The first-order valence-electron chi connectivity index (χ1n) is 6.45. The summed E-state index contributed by atoms with van der Waals surface area (Å²) < 4.78 is 0. The van der Waals surface area contributed by atoms with Crippen LogP contribution in [0.25, 0.3) is 0 Å². The topological polar surface area (TPSA) is 58.4 Å². The Hall–Kier alpha value is -1.39. The van der Waals surface area contributed by atoms with Crippen LogP contribution in [-0.2, 0) is 6.54 Å². The molecule has 1 amide bonds. The predicted octanol–water partition coefficient (Wildman–Crippen LogP) is 1.91. The highest BCUT2D eigenvalue weighted by Crippen LogP contribution is 2.08. The van der Waals surface area contributed by atoms with Gasteiger partial charge in [0.05, 0.1) is 0 Å². The number of hydrazine groups is 1. The number of nitrogens with zero attached hydrogens (tertiary/aromatic N) is 1. The first-order valence-corrected chi connectivity index (χ1v) is 6.45. The van der Waals surface area contributed by atoms with Crippen molar-refractivity contribution in [2.75, 3.05) is 13.6 Å². The third-order valence-electron chi connectivity index (χ3n) is 2.92. The van der Waals surface area contributed by atoms with E-state index in [-0.39, 0.29) is 5.91 Å². The summed E-state index contributed by atoms with van der Waals surface area (Å²) in [6.07, 6.45) is 3.72. The Morgan fingerprint density at radius 1 is 1.39 bits per heavy atom. The minimum Gasteiger partial charge on any atom is -0.302 e. The number of rotatable bonds is 7. The molecule has 0 spiro atoms. The maximum absolute atomic E-state index is 11.4. The van der Waals surface area contributed by atoms with Crippen molar-refractivity contribution in [3.8, 4) is 0 Å². The number of hydrogen-bond acceptors (Lipinski definition) is 3. The highest BCUT2D eigenvalue weighted by molar-refractivity contribution is 5.93. The molecule has 4 nitrogen and oxygen atoms in total. The average molecular weight is 249 g/mol. The standard InChI is InChI=1S/C14H23N3O/c1-3-4-5-9-17(2)11-12-7-6-8-13(10-12)14(18)16-15/h6-8,10H,3-5,9,11,15H2,1-2H3,(H,16,18). The van der Waals surface area contributed by atoms with Crippen molar-refractivity contribution in [1.82, 2.24) is 10.3 Å². The number of nitrogen functional groups attached to an aromatic ring is 1. The van der Waals surface area contributed by atoms with Crippen LogP contribution in [0.5, 0.6) is 0 Å². The quantitative estimate of drug-likeness (QED) is 0.336. The Labute approximate surface area is 109 Å². The molecule has 0 aliphatic heterocycles. The molecule has 100 valence electrons. The summed E-state index contributed by atoms with van der Waals surface area (Å²) in [5.74, 6) is 4.88. The lowest BCUT2D eigenvalue weighted by Gasteiger charge is -2.16. The number of nitrogens with one attached hydrogen (secondary N) is 1. The fraction of sp³-hybridized carbons (Fsp3) is 0.500. The van der Waals surface area contributed by atoms with E-state index >= 15 is 0 Å². The number of amides is 1. The lowest BCUT2D eigenvalue weighted by molar-refractivity contribution is 0.0953. The summed E-state index contributed by atoms with van der Waals surface area (Å²) in [6, 6.07) is 7.57. The number of nitrogens with two attached hydrogens (primary N) is 1. The van der Waals surface area contributed by atoms with Gasteiger partial charge in [-0.2, -0.15) is 0 Å². The average Bonchev–Trinajstić information content (AvgIpc) is 2.38. The van der Waals surface area contributed by atoms with Gasteiger partial charge in [-0.1, -0.05) is 31.9 Å². The van der Waals surface area contributed by atoms with E-state index in [0.29, 0.717) is 5.56 Å². The van der Waals surface area contributed by atoms with E-state index in [1.165, 1.54) is 19.3 Å². The molecule has 0 atom stereocenters. The maximum atomic E-state index is 11.4. The SMILES string of the molecule is CCCCCN(C)Cc1cccc(C(=O)NN)c1. The lowest BCUT2D eigenvalue weighted by Crippen LogP contribution is -2.30. The first-order chi connectivity index (χ1) is 8.67. The van der Waals surface area contributed by atoms with Gasteiger partial charge in [-0.05, 0) is 37.7 Å². The summed E-state index contributed by atoms with van der Waals surface area (Å²) in [5, 5.41) is 0. The van der Waals surface area contributed by atoms with E-state index in [9.17, 15) is 4.79 Å². The Bertz CT molecular complexity index is 379. The molecule has 0 saturated carbocycles. The van der Waals surface area contributed by atoms with E-state index < -0.39 is 0 Å². The molecule has 3 N–H and O–H groups in total. The van der Waals surface area contributed by atoms with Crippen molar-refractivity contribution < 1.29 is 4.79 Å². The van der Waals surface area contributed by atoms with E-state index in [2.05, 4.69) is 24.3 Å². The van der Waals surface area contributed by atoms with Gasteiger partial charge in [0.1, 0.15) is 0 Å². The summed E-state index contributed by atoms with van der Waals surface area (Å²) in [4.78, 5) is 13.7. The van der Waals surface area contributed by atoms with Crippen LogP contribution in [-0.4, -0.2) is 24.4 Å². The molecule has 0 fully saturated rings. The van der Waals surface area contributed by atoms with Crippen LogP contribution in [0, 0.1) is 0 Å². The van der Waals surface area contributed by atoms with Gasteiger partial charge < -0.3 is 4.90 Å². The molecule has 1 aromatic rings. The Morgan fingerprint density at radius 3 is 2.83 bits per heavy atom. The Morgan fingerprint density at radius 2 is 2.17 bits per heavy atom. The summed E-state index contributed by atoms with van der Waals surface area (Å²) in [6.45, 7) is 4.14. The largest absolute Gasteiger partial charge is 0.302 e. The smallest absolute Gasteiger partial charge is 0.265 e. The fourth-order valence-corrected chi connectivity index (χ4v) is 1.92. The van der Waals surface area contributed by atoms with Gasteiger partial charge in [0.25, 0.3) is 5.91 Å². The zero-order valence-electron chi connectivity index (χ0n) is 11.3. The van der Waals surface area contributed by atoms with Crippen molar-refractivity contribution in [2.24, 2.45) is 5.84 Å². The second-order valence-corrected chi connectivity index (χ2v) is 4.62. The van der Waals surface area contributed by atoms with Crippen LogP contribution in [0.1, 0.15) is 42.1 Å². The van der Waals surface area contributed by atoms with Crippen LogP contribution >= 0.6 is 0 Å². The molecular formula is C14H23N3O. The highest BCUT2D eigenvalue weighted by Gasteiger charge is 2.05. The Balaban J connectivity index is 2.53. The van der Waals surface area contributed by atoms with E-state index in [0.717, 1.165) is 18.7 Å². The van der Waals surface area contributed by atoms with Gasteiger partial charge in [-0.25, -0.2) is 5.84 Å². The molecule has 0 heterocycles. The first kappa shape index (κ1) is 14.7. The third kappa shape index (κ3) is 4.85. The molecule has 0 unspecified atom stereocenters. The zero-order chi connectivity index (χ0) is 13.4. The zero-order valence-corrected chi connectivity index (χ0v) is 11.3. The van der Waals surface area contributed by atoms with Gasteiger partial charge in [0.2, 0.25) is 0 Å². The number of carbonyl (C=O) groups is 1. The molecule has 1 aromatic carbocycles. The molecule has 18 heavy (non-hydrogen) atoms. The molecule has 0 radical (unpaired) electrons. The minimum atomic E-state index is -0.245. The second kappa shape index (κ2) is 7.84. The highest BCUT2D eigenvalue weighted by atomic mass is 16.2. The predicted molar refractivity (Wildman–Crippen MR) is 74.0 cm³/mol. The molecular weight excluding hydrogens is 226 g/mol. The number of hydrogen-bond donors (Lipinski definition) is 2. The van der Waals surface area contributed by atoms with Gasteiger partial charge in [0, 0.05) is 12.1 Å². The number of benzene rings is 1. The Kier molecular flexibility index (Phi) is 6.39. The van der Waals surface area contributed by atoms with Crippen molar-refractivity contribution >= 4 is 5.91 Å². The second-order valence-electron chi connectivity index (χ2n) is 4.62. The van der Waals surface area contributed by atoms with Gasteiger partial charge in [0.15, 0.2) is 0 Å². The molecule has 0 bridgehead atoms. The van der Waals surface area contributed by atoms with Gasteiger partial charge in [-0.15, -0.1) is 0 Å². The molecule has 4 heteroatoms. The normalized spacial score (nSPS) is 10.7. The van der Waals surface area contributed by atoms with Crippen molar-refractivity contribution in [1.29, 1.82) is 0 Å². The van der Waals surface area contributed by atoms with E-state index in [1.54, 1.807) is 6.07 Å². The van der Waals surface area contributed by atoms with Crippen LogP contribution < -0.4 is 11.3 Å². The minimum absolute atomic E-state index is 0.245. The summed E-state index contributed by atoms with van der Waals surface area (Å²) >= 11 is 0. The van der Waals surface area contributed by atoms with Crippen molar-refractivity contribution in [2.45, 2.75) is 32.7 Å². The van der Waals surface area contributed by atoms with Crippen molar-refractivity contribution in [3.05, 3.63) is 35.4 Å². The molecule has 0 aliphatic carbocycles. The molecule has 0 aliphatic rings. The maximum Gasteiger partial charge on any atom is 0.265 e. The number of unbranched alkanes of at least 4 members (excludes halogenated alkanes) is 2. The lowest BCUT2D eigenvalue weighted by atomic mass is 10.1. The van der Waals surface area contributed by atoms with Crippen LogP contribution in [0.3, 0.4) is 0 Å². The van der Waals surface area contributed by atoms with Crippen molar-refractivity contribution in [3.63, 3.8) is 0 Å². The fourth-order valence-electron chi connectivity index (χ4n) is 1.92. The number of carbonyl (C=O) groups excluding carboxylic acids is 1. The van der Waals surface area contributed by atoms with E-state index in [4.69, 9.17) is 5.84 Å². The monoisotopic (exact) mass is 249 g/mol. The van der Waals surface area contributed by atoms with Crippen LogP contribution in [0.15, 0.2) is 24.3 Å². The van der Waals surface area contributed by atoms with Crippen LogP contribution in [0.4, 0.5) is 0 Å².